The second kappa shape index (κ2) is 12.8. The average Bonchev–Trinajstić information content (AvgIpc) is 2.66. The number of carbonyl (C=O) groups excluding carboxylic acids is 1. The maximum Gasteiger partial charge on any atom is 0.253 e. The Morgan fingerprint density at radius 3 is 1.73 bits per heavy atom. The molecule has 0 spiro atoms. The Hall–Kier alpha value is -1.51. The molecule has 0 saturated carbocycles. The Morgan fingerprint density at radius 1 is 0.885 bits per heavy atom. The fraction of sp³-hybridized carbons (Fsp3) is 0.696. The molecular weight excluding hydrogens is 320 g/mol. The normalized spacial score (nSPS) is 13.4. The summed E-state index contributed by atoms with van der Waals surface area (Å²) in [5.74, 6) is 1.35. The smallest absolute Gasteiger partial charge is 0.253 e. The van der Waals surface area contributed by atoms with Crippen LogP contribution in [0.4, 0.5) is 5.69 Å². The van der Waals surface area contributed by atoms with Gasteiger partial charge in [-0.25, -0.2) is 0 Å². The number of hydrogen-bond donors (Lipinski definition) is 1. The summed E-state index contributed by atoms with van der Waals surface area (Å²) in [5.41, 5.74) is 7.26. The van der Waals surface area contributed by atoms with Gasteiger partial charge in [-0.1, -0.05) is 66.2 Å². The largest absolute Gasteiger partial charge is 0.399 e. The number of nitrogens with two attached hydrogens (primary N) is 1. The van der Waals surface area contributed by atoms with Crippen LogP contribution >= 0.6 is 0 Å². The zero-order chi connectivity index (χ0) is 19.4. The molecule has 2 unspecified atom stereocenters. The molecule has 3 nitrogen and oxygen atoms in total. The molecule has 0 saturated heterocycles. The molecule has 1 rings (SSSR count). The summed E-state index contributed by atoms with van der Waals surface area (Å²) in [6.07, 6.45) is 9.63. The first-order valence-electron chi connectivity index (χ1n) is 10.7. The highest BCUT2D eigenvalue weighted by molar-refractivity contribution is 5.94. The molecule has 0 heterocycles. The van der Waals surface area contributed by atoms with Gasteiger partial charge in [-0.05, 0) is 48.9 Å². The van der Waals surface area contributed by atoms with Crippen LogP contribution in [0.1, 0.15) is 89.4 Å². The Kier molecular flexibility index (Phi) is 11.1. The van der Waals surface area contributed by atoms with Crippen LogP contribution in [-0.4, -0.2) is 23.9 Å². The molecule has 0 fully saturated rings. The van der Waals surface area contributed by atoms with Crippen molar-refractivity contribution in [1.29, 1.82) is 0 Å². The highest BCUT2D eigenvalue weighted by Gasteiger charge is 2.22. The fourth-order valence-corrected chi connectivity index (χ4v) is 3.51. The second-order valence-electron chi connectivity index (χ2n) is 7.67. The van der Waals surface area contributed by atoms with Crippen molar-refractivity contribution >= 4 is 11.6 Å². The molecule has 1 aromatic carbocycles. The maximum absolute atomic E-state index is 13.2. The summed E-state index contributed by atoms with van der Waals surface area (Å²) in [6, 6.07) is 7.39. The summed E-state index contributed by atoms with van der Waals surface area (Å²) in [4.78, 5) is 15.3. The molecule has 2 N–H and O–H groups in total. The maximum atomic E-state index is 13.2. The molecule has 1 amide bonds. The van der Waals surface area contributed by atoms with E-state index in [1.54, 1.807) is 0 Å². The predicted molar refractivity (Wildman–Crippen MR) is 113 cm³/mol. The van der Waals surface area contributed by atoms with E-state index < -0.39 is 0 Å². The minimum atomic E-state index is 0.162. The van der Waals surface area contributed by atoms with Crippen molar-refractivity contribution in [2.75, 3.05) is 18.8 Å². The van der Waals surface area contributed by atoms with Crippen LogP contribution in [0.5, 0.6) is 0 Å². The van der Waals surface area contributed by atoms with Gasteiger partial charge in [0.05, 0.1) is 0 Å². The molecule has 0 aliphatic heterocycles. The molecule has 0 bridgehead atoms. The topological polar surface area (TPSA) is 46.3 Å². The zero-order valence-corrected chi connectivity index (χ0v) is 17.5. The Balaban J connectivity index is 2.91. The van der Waals surface area contributed by atoms with E-state index in [4.69, 9.17) is 5.73 Å². The number of nitrogens with zero attached hydrogens (tertiary/aromatic N) is 1. The molecule has 0 radical (unpaired) electrons. The second-order valence-corrected chi connectivity index (χ2v) is 7.67. The Bertz CT molecular complexity index is 479. The van der Waals surface area contributed by atoms with Crippen molar-refractivity contribution < 1.29 is 4.79 Å². The monoisotopic (exact) mass is 360 g/mol. The first kappa shape index (κ1) is 22.5. The molecule has 3 heteroatoms. The van der Waals surface area contributed by atoms with Gasteiger partial charge in [0.2, 0.25) is 0 Å². The van der Waals surface area contributed by atoms with Gasteiger partial charge in [0, 0.05) is 24.3 Å². The number of benzene rings is 1. The average molecular weight is 361 g/mol. The van der Waals surface area contributed by atoms with E-state index in [-0.39, 0.29) is 5.91 Å². The zero-order valence-electron chi connectivity index (χ0n) is 17.5. The lowest BCUT2D eigenvalue weighted by Crippen LogP contribution is -2.39. The summed E-state index contributed by atoms with van der Waals surface area (Å²) in [7, 11) is 0. The highest BCUT2D eigenvalue weighted by atomic mass is 16.2. The van der Waals surface area contributed by atoms with Crippen LogP contribution in [0, 0.1) is 11.8 Å². The minimum absolute atomic E-state index is 0.162. The standard InChI is InChI=1S/C23H40N2O/c1-5-9-11-19(7-3)17-25(18-20(8-4)12-10-6-2)23(26)21-13-15-22(24)16-14-21/h13-16,19-20H,5-12,17-18,24H2,1-4H3. The van der Waals surface area contributed by atoms with Gasteiger partial charge in [-0.15, -0.1) is 0 Å². The fourth-order valence-electron chi connectivity index (χ4n) is 3.51. The van der Waals surface area contributed by atoms with E-state index in [0.29, 0.717) is 17.5 Å². The van der Waals surface area contributed by atoms with Gasteiger partial charge in [-0.2, -0.15) is 0 Å². The van der Waals surface area contributed by atoms with E-state index in [2.05, 4.69) is 32.6 Å². The number of rotatable bonds is 13. The van der Waals surface area contributed by atoms with Crippen LogP contribution in [-0.2, 0) is 0 Å². The predicted octanol–water partition coefficient (Wildman–Crippen LogP) is 6.14. The third-order valence-corrected chi connectivity index (χ3v) is 5.49. The lowest BCUT2D eigenvalue weighted by atomic mass is 9.95. The number of carbonyl (C=O) groups is 1. The van der Waals surface area contributed by atoms with Gasteiger partial charge >= 0.3 is 0 Å². The van der Waals surface area contributed by atoms with Gasteiger partial charge in [0.15, 0.2) is 0 Å². The van der Waals surface area contributed by atoms with E-state index in [1.807, 2.05) is 24.3 Å². The first-order chi connectivity index (χ1) is 12.5. The highest BCUT2D eigenvalue weighted by Crippen LogP contribution is 2.21. The van der Waals surface area contributed by atoms with E-state index in [1.165, 1.54) is 38.5 Å². The third kappa shape index (κ3) is 7.80. The van der Waals surface area contributed by atoms with Crippen molar-refractivity contribution in [3.63, 3.8) is 0 Å². The van der Waals surface area contributed by atoms with Crippen molar-refractivity contribution in [3.05, 3.63) is 29.8 Å². The van der Waals surface area contributed by atoms with E-state index in [0.717, 1.165) is 31.5 Å². The van der Waals surface area contributed by atoms with Gasteiger partial charge in [0.25, 0.3) is 5.91 Å². The summed E-state index contributed by atoms with van der Waals surface area (Å²) < 4.78 is 0. The van der Waals surface area contributed by atoms with Crippen molar-refractivity contribution in [2.45, 2.75) is 79.1 Å². The van der Waals surface area contributed by atoms with Crippen molar-refractivity contribution in [3.8, 4) is 0 Å². The van der Waals surface area contributed by atoms with Crippen LogP contribution in [0.2, 0.25) is 0 Å². The SMILES string of the molecule is CCCCC(CC)CN(CC(CC)CCCC)C(=O)c1ccc(N)cc1. The molecule has 0 aromatic heterocycles. The number of hydrogen-bond acceptors (Lipinski definition) is 2. The number of nitrogen functional groups attached to an aromatic ring is 1. The quantitative estimate of drug-likeness (QED) is 0.429. The summed E-state index contributed by atoms with van der Waals surface area (Å²) in [6.45, 7) is 10.7. The molecular formula is C23H40N2O. The Morgan fingerprint density at radius 2 is 1.35 bits per heavy atom. The van der Waals surface area contributed by atoms with Crippen LogP contribution < -0.4 is 5.73 Å². The van der Waals surface area contributed by atoms with Gasteiger partial charge < -0.3 is 10.6 Å². The number of unbranched alkanes of at least 4 members (excludes halogenated alkanes) is 2. The Labute approximate surface area is 161 Å². The summed E-state index contributed by atoms with van der Waals surface area (Å²) in [5, 5.41) is 0. The van der Waals surface area contributed by atoms with Crippen LogP contribution in [0.25, 0.3) is 0 Å². The van der Waals surface area contributed by atoms with Crippen molar-refractivity contribution in [2.24, 2.45) is 11.8 Å². The van der Waals surface area contributed by atoms with Crippen LogP contribution in [0.15, 0.2) is 24.3 Å². The summed E-state index contributed by atoms with van der Waals surface area (Å²) >= 11 is 0. The first-order valence-corrected chi connectivity index (χ1v) is 10.7. The van der Waals surface area contributed by atoms with Gasteiger partial charge in [0.1, 0.15) is 0 Å². The number of anilines is 1. The molecule has 2 atom stereocenters. The van der Waals surface area contributed by atoms with Crippen molar-refractivity contribution in [1.82, 2.24) is 4.90 Å². The minimum Gasteiger partial charge on any atom is -0.399 e. The van der Waals surface area contributed by atoms with E-state index in [9.17, 15) is 4.79 Å². The third-order valence-electron chi connectivity index (χ3n) is 5.49. The molecule has 0 aliphatic carbocycles. The van der Waals surface area contributed by atoms with Gasteiger partial charge in [-0.3, -0.25) is 4.79 Å². The van der Waals surface area contributed by atoms with E-state index >= 15 is 0 Å². The lowest BCUT2D eigenvalue weighted by Gasteiger charge is -2.31. The number of amides is 1. The van der Waals surface area contributed by atoms with Crippen LogP contribution in [0.3, 0.4) is 0 Å². The molecule has 1 aromatic rings. The molecule has 0 aliphatic rings. The lowest BCUT2D eigenvalue weighted by molar-refractivity contribution is 0.0685. The molecule has 148 valence electrons. The molecule has 26 heavy (non-hydrogen) atoms.